The summed E-state index contributed by atoms with van der Waals surface area (Å²) in [5.74, 6) is -2.67. The minimum absolute atomic E-state index is 0.0903. The molecule has 0 spiro atoms. The second-order valence-electron chi connectivity index (χ2n) is 6.78. The zero-order valence-corrected chi connectivity index (χ0v) is 15.1. The quantitative estimate of drug-likeness (QED) is 0.313. The topological polar surface area (TPSA) is 162 Å². The van der Waals surface area contributed by atoms with Crippen LogP contribution in [0.4, 0.5) is 0 Å². The summed E-state index contributed by atoms with van der Waals surface area (Å²) in [6.45, 7) is 3.16. The number of carbonyl (C=O) groups is 4. The van der Waals surface area contributed by atoms with Crippen LogP contribution in [0.5, 0.6) is 0 Å². The normalized spacial score (nSPS) is 19.1. The summed E-state index contributed by atoms with van der Waals surface area (Å²) in [5, 5.41) is 22.9. The first-order valence-corrected chi connectivity index (χ1v) is 8.64. The van der Waals surface area contributed by atoms with Crippen molar-refractivity contribution in [2.45, 2.75) is 51.2 Å². The highest BCUT2D eigenvalue weighted by molar-refractivity contribution is 5.92. The van der Waals surface area contributed by atoms with Gasteiger partial charge in [-0.25, -0.2) is 4.79 Å². The zero-order chi connectivity index (χ0) is 19.9. The van der Waals surface area contributed by atoms with Gasteiger partial charge in [0.05, 0.1) is 13.2 Å². The van der Waals surface area contributed by atoms with Crippen molar-refractivity contribution in [2.24, 2.45) is 11.7 Å². The lowest BCUT2D eigenvalue weighted by molar-refractivity contribution is -0.149. The van der Waals surface area contributed by atoms with E-state index >= 15 is 0 Å². The van der Waals surface area contributed by atoms with Gasteiger partial charge < -0.3 is 31.5 Å². The van der Waals surface area contributed by atoms with E-state index in [9.17, 15) is 24.3 Å². The number of aliphatic hydroxyl groups is 1. The molecule has 0 aromatic rings. The SMILES string of the molecule is CC(C)CC(NC(=O)CNC(=O)C(N)CO)C(=O)N1CCCC1C(=O)O. The summed E-state index contributed by atoms with van der Waals surface area (Å²) >= 11 is 0. The fourth-order valence-corrected chi connectivity index (χ4v) is 2.81. The molecule has 1 rings (SSSR count). The lowest BCUT2D eigenvalue weighted by atomic mass is 10.0. The molecule has 1 fully saturated rings. The van der Waals surface area contributed by atoms with Gasteiger partial charge in [0.25, 0.3) is 0 Å². The van der Waals surface area contributed by atoms with Gasteiger partial charge >= 0.3 is 5.97 Å². The Morgan fingerprint density at radius 3 is 2.46 bits per heavy atom. The van der Waals surface area contributed by atoms with Crippen molar-refractivity contribution in [1.29, 1.82) is 0 Å². The summed E-state index contributed by atoms with van der Waals surface area (Å²) in [5.41, 5.74) is 5.33. The van der Waals surface area contributed by atoms with Crippen LogP contribution >= 0.6 is 0 Å². The van der Waals surface area contributed by atoms with Crippen LogP contribution in [0.1, 0.15) is 33.1 Å². The summed E-state index contributed by atoms with van der Waals surface area (Å²) in [4.78, 5) is 48.9. The minimum Gasteiger partial charge on any atom is -0.480 e. The number of nitrogens with one attached hydrogen (secondary N) is 2. The first-order valence-electron chi connectivity index (χ1n) is 8.64. The molecule has 148 valence electrons. The Hall–Kier alpha value is -2.20. The number of carbonyl (C=O) groups excluding carboxylic acids is 3. The van der Waals surface area contributed by atoms with E-state index in [1.165, 1.54) is 4.90 Å². The van der Waals surface area contributed by atoms with Crippen LogP contribution in [-0.4, -0.2) is 76.6 Å². The van der Waals surface area contributed by atoms with Gasteiger partial charge in [0.2, 0.25) is 17.7 Å². The summed E-state index contributed by atoms with van der Waals surface area (Å²) in [6, 6.07) is -2.88. The number of aliphatic carboxylic acids is 1. The van der Waals surface area contributed by atoms with Crippen molar-refractivity contribution in [1.82, 2.24) is 15.5 Å². The number of likely N-dealkylation sites (tertiary alicyclic amines) is 1. The number of nitrogens with two attached hydrogens (primary N) is 1. The molecular weight excluding hydrogens is 344 g/mol. The number of carboxylic acids is 1. The molecule has 10 nitrogen and oxygen atoms in total. The third-order valence-corrected chi connectivity index (χ3v) is 4.12. The Kier molecular flexibility index (Phi) is 8.46. The van der Waals surface area contributed by atoms with Crippen molar-refractivity contribution in [2.75, 3.05) is 19.7 Å². The fraction of sp³-hybridized carbons (Fsp3) is 0.750. The lowest BCUT2D eigenvalue weighted by Crippen LogP contribution is -2.54. The Balaban J connectivity index is 2.71. The maximum absolute atomic E-state index is 12.7. The molecular formula is C16H28N4O6. The first-order chi connectivity index (χ1) is 12.2. The van der Waals surface area contributed by atoms with Crippen LogP contribution in [-0.2, 0) is 19.2 Å². The molecule has 3 atom stereocenters. The van der Waals surface area contributed by atoms with E-state index in [0.29, 0.717) is 25.8 Å². The van der Waals surface area contributed by atoms with Gasteiger partial charge in [0, 0.05) is 6.54 Å². The number of hydrogen-bond donors (Lipinski definition) is 5. The second kappa shape index (κ2) is 10.1. The summed E-state index contributed by atoms with van der Waals surface area (Å²) < 4.78 is 0. The predicted molar refractivity (Wildman–Crippen MR) is 91.8 cm³/mol. The molecule has 10 heteroatoms. The summed E-state index contributed by atoms with van der Waals surface area (Å²) in [7, 11) is 0. The molecule has 1 aliphatic rings. The Morgan fingerprint density at radius 2 is 1.92 bits per heavy atom. The molecule has 1 heterocycles. The van der Waals surface area contributed by atoms with Crippen LogP contribution in [0.15, 0.2) is 0 Å². The number of nitrogens with zero attached hydrogens (tertiary/aromatic N) is 1. The van der Waals surface area contributed by atoms with E-state index in [4.69, 9.17) is 10.8 Å². The van der Waals surface area contributed by atoms with E-state index in [1.807, 2.05) is 13.8 Å². The average Bonchev–Trinajstić information content (AvgIpc) is 3.07. The Bertz CT molecular complexity index is 539. The molecule has 0 saturated carbocycles. The maximum atomic E-state index is 12.7. The summed E-state index contributed by atoms with van der Waals surface area (Å²) in [6.07, 6.45) is 1.33. The molecule has 0 aliphatic carbocycles. The highest BCUT2D eigenvalue weighted by Gasteiger charge is 2.37. The van der Waals surface area contributed by atoms with Crippen LogP contribution in [0, 0.1) is 5.92 Å². The third kappa shape index (κ3) is 6.26. The number of hydrogen-bond acceptors (Lipinski definition) is 6. The minimum atomic E-state index is -1.13. The molecule has 1 aliphatic heterocycles. The Labute approximate surface area is 152 Å². The van der Waals surface area contributed by atoms with Crippen LogP contribution in [0.25, 0.3) is 0 Å². The van der Waals surface area contributed by atoms with Gasteiger partial charge in [0.15, 0.2) is 0 Å². The van der Waals surface area contributed by atoms with Crippen molar-refractivity contribution in [3.8, 4) is 0 Å². The molecule has 0 bridgehead atoms. The zero-order valence-electron chi connectivity index (χ0n) is 15.1. The van der Waals surface area contributed by atoms with E-state index in [1.54, 1.807) is 0 Å². The van der Waals surface area contributed by atoms with Crippen molar-refractivity contribution >= 4 is 23.7 Å². The number of aliphatic hydroxyl groups excluding tert-OH is 1. The van der Waals surface area contributed by atoms with Crippen molar-refractivity contribution < 1.29 is 29.4 Å². The smallest absolute Gasteiger partial charge is 0.326 e. The first kappa shape index (κ1) is 21.8. The molecule has 0 aromatic heterocycles. The number of amides is 3. The van der Waals surface area contributed by atoms with Gasteiger partial charge in [-0.05, 0) is 25.2 Å². The molecule has 0 aromatic carbocycles. The van der Waals surface area contributed by atoms with E-state index < -0.39 is 55.0 Å². The van der Waals surface area contributed by atoms with Gasteiger partial charge in [-0.1, -0.05) is 13.8 Å². The number of rotatable bonds is 9. The molecule has 3 amide bonds. The van der Waals surface area contributed by atoms with Crippen LogP contribution in [0.3, 0.4) is 0 Å². The predicted octanol–water partition coefficient (Wildman–Crippen LogP) is -1.97. The lowest BCUT2D eigenvalue weighted by Gasteiger charge is -2.28. The second-order valence-corrected chi connectivity index (χ2v) is 6.78. The van der Waals surface area contributed by atoms with Crippen molar-refractivity contribution in [3.63, 3.8) is 0 Å². The third-order valence-electron chi connectivity index (χ3n) is 4.12. The van der Waals surface area contributed by atoms with Gasteiger partial charge in [-0.15, -0.1) is 0 Å². The molecule has 0 radical (unpaired) electrons. The standard InChI is InChI=1S/C16H28N4O6/c1-9(2)6-11(15(24)20-5-3-4-12(20)16(25)26)19-13(22)7-18-14(23)10(17)8-21/h9-12,21H,3-8,17H2,1-2H3,(H,18,23)(H,19,22)(H,25,26). The van der Waals surface area contributed by atoms with Gasteiger partial charge in [0.1, 0.15) is 18.1 Å². The average molecular weight is 372 g/mol. The number of carboxylic acid groups (broad SMARTS) is 1. The van der Waals surface area contributed by atoms with Gasteiger partial charge in [-0.3, -0.25) is 14.4 Å². The monoisotopic (exact) mass is 372 g/mol. The molecule has 6 N–H and O–H groups in total. The van der Waals surface area contributed by atoms with E-state index in [-0.39, 0.29) is 5.92 Å². The molecule has 3 unspecified atom stereocenters. The van der Waals surface area contributed by atoms with Crippen molar-refractivity contribution in [3.05, 3.63) is 0 Å². The van der Waals surface area contributed by atoms with E-state index in [0.717, 1.165) is 0 Å². The molecule has 1 saturated heterocycles. The highest BCUT2D eigenvalue weighted by Crippen LogP contribution is 2.20. The largest absolute Gasteiger partial charge is 0.480 e. The molecule has 26 heavy (non-hydrogen) atoms. The maximum Gasteiger partial charge on any atom is 0.326 e. The van der Waals surface area contributed by atoms with Crippen LogP contribution in [0.2, 0.25) is 0 Å². The van der Waals surface area contributed by atoms with Gasteiger partial charge in [-0.2, -0.15) is 0 Å². The fourth-order valence-electron chi connectivity index (χ4n) is 2.81. The van der Waals surface area contributed by atoms with E-state index in [2.05, 4.69) is 10.6 Å². The van der Waals surface area contributed by atoms with Crippen LogP contribution < -0.4 is 16.4 Å². The Morgan fingerprint density at radius 1 is 1.27 bits per heavy atom. The highest BCUT2D eigenvalue weighted by atomic mass is 16.4.